The van der Waals surface area contributed by atoms with Crippen molar-refractivity contribution in [3.05, 3.63) is 41.3 Å². The second kappa shape index (κ2) is 7.95. The van der Waals surface area contributed by atoms with Gasteiger partial charge in [-0.1, -0.05) is 36.9 Å². The number of ketones is 1. The number of hydrogen-bond acceptors (Lipinski definition) is 6. The average molecular weight is 433 g/mol. The molecule has 0 unspecified atom stereocenters. The Labute approximate surface area is 174 Å². The van der Waals surface area contributed by atoms with Crippen molar-refractivity contribution in [2.24, 2.45) is 13.0 Å². The minimum absolute atomic E-state index is 0.0425. The van der Waals surface area contributed by atoms with E-state index in [9.17, 15) is 13.2 Å². The van der Waals surface area contributed by atoms with Crippen LogP contribution in [0.1, 0.15) is 35.1 Å². The fraction of sp³-hybridized carbons (Fsp3) is 0.450. The summed E-state index contributed by atoms with van der Waals surface area (Å²) in [6.45, 7) is 2.10. The number of aryl methyl sites for hydroxylation is 1. The lowest BCUT2D eigenvalue weighted by Gasteiger charge is -2.07. The Morgan fingerprint density at radius 3 is 2.90 bits per heavy atom. The molecule has 3 aromatic rings. The Balaban J connectivity index is 1.43. The lowest BCUT2D eigenvalue weighted by Crippen LogP contribution is -2.11. The second-order valence-corrected chi connectivity index (χ2v) is 10.7. The molecule has 1 aromatic carbocycles. The van der Waals surface area contributed by atoms with Crippen LogP contribution in [0.3, 0.4) is 0 Å². The van der Waals surface area contributed by atoms with Gasteiger partial charge >= 0.3 is 0 Å². The first-order chi connectivity index (χ1) is 13.9. The zero-order valence-corrected chi connectivity index (χ0v) is 18.1. The van der Waals surface area contributed by atoms with E-state index in [0.29, 0.717) is 23.6 Å². The average Bonchev–Trinajstić information content (AvgIpc) is 3.38. The van der Waals surface area contributed by atoms with Crippen molar-refractivity contribution in [2.45, 2.75) is 31.3 Å². The van der Waals surface area contributed by atoms with Crippen molar-refractivity contribution in [3.8, 4) is 0 Å². The van der Waals surface area contributed by atoms with Gasteiger partial charge in [0, 0.05) is 36.1 Å². The molecule has 2 aromatic heterocycles. The Kier molecular flexibility index (Phi) is 5.52. The Hall–Kier alpha value is -2.13. The summed E-state index contributed by atoms with van der Waals surface area (Å²) in [7, 11) is -1.04. The molecule has 1 atom stereocenters. The molecule has 7 nitrogen and oxygen atoms in total. The first-order valence-electron chi connectivity index (χ1n) is 9.71. The van der Waals surface area contributed by atoms with Crippen LogP contribution in [0.2, 0.25) is 0 Å². The molecule has 0 aliphatic carbocycles. The topological polar surface area (TPSA) is 97.7 Å². The maximum absolute atomic E-state index is 12.8. The SMILES string of the molecule is CCc1cccc2c(C(=O)CSc3nnc(C[C@H]4CCS(=O)(=O)C4)n3C)c[nH]c12. The number of benzene rings is 1. The van der Waals surface area contributed by atoms with Crippen molar-refractivity contribution in [3.63, 3.8) is 0 Å². The van der Waals surface area contributed by atoms with Gasteiger partial charge < -0.3 is 9.55 Å². The van der Waals surface area contributed by atoms with Crippen LogP contribution in [0.25, 0.3) is 10.9 Å². The van der Waals surface area contributed by atoms with E-state index in [1.54, 1.807) is 6.20 Å². The predicted molar refractivity (Wildman–Crippen MR) is 114 cm³/mol. The number of para-hydroxylation sites is 1. The number of carbonyl (C=O) groups is 1. The van der Waals surface area contributed by atoms with E-state index < -0.39 is 9.84 Å². The summed E-state index contributed by atoms with van der Waals surface area (Å²) in [6.07, 6.45) is 3.97. The summed E-state index contributed by atoms with van der Waals surface area (Å²) in [6, 6.07) is 6.02. The van der Waals surface area contributed by atoms with E-state index in [1.807, 2.05) is 23.7 Å². The summed E-state index contributed by atoms with van der Waals surface area (Å²) in [4.78, 5) is 16.0. The molecular formula is C20H24N4O3S2. The van der Waals surface area contributed by atoms with E-state index in [4.69, 9.17) is 0 Å². The van der Waals surface area contributed by atoms with E-state index in [2.05, 4.69) is 28.2 Å². The third-order valence-corrected chi connectivity index (χ3v) is 8.40. The van der Waals surface area contributed by atoms with Gasteiger partial charge in [-0.15, -0.1) is 10.2 Å². The van der Waals surface area contributed by atoms with Gasteiger partial charge in [0.05, 0.1) is 17.3 Å². The van der Waals surface area contributed by atoms with Crippen molar-refractivity contribution in [1.82, 2.24) is 19.7 Å². The van der Waals surface area contributed by atoms with Crippen LogP contribution >= 0.6 is 11.8 Å². The fourth-order valence-electron chi connectivity index (χ4n) is 3.89. The van der Waals surface area contributed by atoms with E-state index >= 15 is 0 Å². The van der Waals surface area contributed by atoms with Crippen LogP contribution in [-0.2, 0) is 29.7 Å². The van der Waals surface area contributed by atoms with Crippen LogP contribution in [0, 0.1) is 5.92 Å². The first-order valence-corrected chi connectivity index (χ1v) is 12.5. The third kappa shape index (κ3) is 4.11. The maximum Gasteiger partial charge on any atom is 0.191 e. The van der Waals surface area contributed by atoms with Crippen LogP contribution < -0.4 is 0 Å². The quantitative estimate of drug-likeness (QED) is 0.455. The van der Waals surface area contributed by atoms with Crippen molar-refractivity contribution in [2.75, 3.05) is 17.3 Å². The van der Waals surface area contributed by atoms with Gasteiger partial charge in [-0.2, -0.15) is 0 Å². The summed E-state index contributed by atoms with van der Waals surface area (Å²) >= 11 is 1.36. The van der Waals surface area contributed by atoms with Gasteiger partial charge in [0.1, 0.15) is 5.82 Å². The highest BCUT2D eigenvalue weighted by molar-refractivity contribution is 7.99. The number of thioether (sulfide) groups is 1. The van der Waals surface area contributed by atoms with Gasteiger partial charge in [-0.3, -0.25) is 4.79 Å². The summed E-state index contributed by atoms with van der Waals surface area (Å²) < 4.78 is 25.2. The molecule has 0 saturated carbocycles. The van der Waals surface area contributed by atoms with E-state index in [-0.39, 0.29) is 29.0 Å². The molecule has 1 N–H and O–H groups in total. The Bertz CT molecular complexity index is 1160. The molecule has 1 saturated heterocycles. The molecule has 4 rings (SSSR count). The lowest BCUT2D eigenvalue weighted by molar-refractivity contribution is 0.102. The van der Waals surface area contributed by atoms with Crippen molar-refractivity contribution < 1.29 is 13.2 Å². The molecule has 3 heterocycles. The number of nitrogens with zero attached hydrogens (tertiary/aromatic N) is 3. The fourth-order valence-corrected chi connectivity index (χ4v) is 6.57. The largest absolute Gasteiger partial charge is 0.360 e. The number of hydrogen-bond donors (Lipinski definition) is 1. The molecule has 1 aliphatic rings. The molecule has 0 radical (unpaired) electrons. The van der Waals surface area contributed by atoms with E-state index in [1.165, 1.54) is 17.3 Å². The number of aromatic amines is 1. The van der Waals surface area contributed by atoms with Crippen LogP contribution in [0.15, 0.2) is 29.6 Å². The van der Waals surface area contributed by atoms with Gasteiger partial charge in [0.2, 0.25) is 0 Å². The monoisotopic (exact) mass is 432 g/mol. The predicted octanol–water partition coefficient (Wildman–Crippen LogP) is 2.81. The third-order valence-electron chi connectivity index (χ3n) is 5.54. The Morgan fingerprint density at radius 2 is 2.17 bits per heavy atom. The zero-order valence-electron chi connectivity index (χ0n) is 16.5. The van der Waals surface area contributed by atoms with E-state index in [0.717, 1.165) is 23.1 Å². The number of fused-ring (bicyclic) bond motifs is 1. The second-order valence-electron chi connectivity index (χ2n) is 7.54. The lowest BCUT2D eigenvalue weighted by atomic mass is 10.1. The maximum atomic E-state index is 12.8. The normalized spacial score (nSPS) is 18.5. The summed E-state index contributed by atoms with van der Waals surface area (Å²) in [5, 5.41) is 10.0. The molecular weight excluding hydrogens is 408 g/mol. The Morgan fingerprint density at radius 1 is 1.34 bits per heavy atom. The molecule has 0 amide bonds. The van der Waals surface area contributed by atoms with Gasteiger partial charge in [0.25, 0.3) is 0 Å². The number of carbonyl (C=O) groups excluding carboxylic acids is 1. The molecule has 1 fully saturated rings. The zero-order chi connectivity index (χ0) is 20.6. The van der Waals surface area contributed by atoms with Crippen LogP contribution in [0.4, 0.5) is 0 Å². The minimum Gasteiger partial charge on any atom is -0.360 e. The number of nitrogens with one attached hydrogen (secondary N) is 1. The number of aromatic nitrogens is 4. The number of rotatable bonds is 7. The first kappa shape index (κ1) is 20.2. The molecule has 1 aliphatic heterocycles. The highest BCUT2D eigenvalue weighted by atomic mass is 32.2. The van der Waals surface area contributed by atoms with Gasteiger partial charge in [-0.05, 0) is 24.3 Å². The van der Waals surface area contributed by atoms with Crippen molar-refractivity contribution >= 4 is 38.3 Å². The smallest absolute Gasteiger partial charge is 0.191 e. The van der Waals surface area contributed by atoms with Gasteiger partial charge in [-0.25, -0.2) is 8.42 Å². The molecule has 9 heteroatoms. The number of H-pyrrole nitrogens is 1. The summed E-state index contributed by atoms with van der Waals surface area (Å²) in [5.41, 5.74) is 2.92. The van der Waals surface area contributed by atoms with Crippen LogP contribution in [0.5, 0.6) is 0 Å². The molecule has 0 spiro atoms. The number of sulfone groups is 1. The molecule has 29 heavy (non-hydrogen) atoms. The van der Waals surface area contributed by atoms with Crippen LogP contribution in [-0.4, -0.2) is 51.2 Å². The highest BCUT2D eigenvalue weighted by Crippen LogP contribution is 2.26. The molecule has 0 bridgehead atoms. The molecule has 154 valence electrons. The standard InChI is InChI=1S/C20H24N4O3S2/c1-3-14-5-4-6-15-16(10-21-19(14)15)17(25)11-28-20-23-22-18(24(20)2)9-13-7-8-29(26,27)12-13/h4-6,10,13,21H,3,7-9,11-12H2,1-2H3/t13-/m1/s1. The van der Waals surface area contributed by atoms with Crippen molar-refractivity contribution in [1.29, 1.82) is 0 Å². The summed E-state index contributed by atoms with van der Waals surface area (Å²) in [5.74, 6) is 1.66. The number of Topliss-reactive ketones (excluding diaryl/α,β-unsaturated/α-hetero) is 1. The minimum atomic E-state index is -2.90. The van der Waals surface area contributed by atoms with Gasteiger partial charge in [0.15, 0.2) is 20.8 Å². The highest BCUT2D eigenvalue weighted by Gasteiger charge is 2.29.